The van der Waals surface area contributed by atoms with Crippen molar-refractivity contribution in [2.45, 2.75) is 13.5 Å². The van der Waals surface area contributed by atoms with Gasteiger partial charge in [-0.2, -0.15) is 5.26 Å². The number of hydrogen-bond donors (Lipinski definition) is 1. The highest BCUT2D eigenvalue weighted by atomic mass is 16.6. The molecule has 0 aliphatic heterocycles. The zero-order valence-electron chi connectivity index (χ0n) is 14.4. The summed E-state index contributed by atoms with van der Waals surface area (Å²) in [5.41, 5.74) is -2.52. The smallest absolute Gasteiger partial charge is 0.296 e. The van der Waals surface area contributed by atoms with Crippen LogP contribution in [-0.2, 0) is 11.3 Å². The van der Waals surface area contributed by atoms with E-state index in [1.54, 1.807) is 6.92 Å². The van der Waals surface area contributed by atoms with Gasteiger partial charge in [-0.1, -0.05) is 0 Å². The Hall–Kier alpha value is -4.27. The highest BCUT2D eigenvalue weighted by molar-refractivity contribution is 5.93. The first-order valence-corrected chi connectivity index (χ1v) is 7.76. The molecule has 0 fully saturated rings. The number of amides is 1. The highest BCUT2D eigenvalue weighted by Crippen LogP contribution is 2.29. The van der Waals surface area contributed by atoms with Crippen LogP contribution in [0.4, 0.5) is 17.1 Å². The average molecular weight is 387 g/mol. The maximum absolute atomic E-state index is 12.2. The third kappa shape index (κ3) is 4.47. The van der Waals surface area contributed by atoms with Gasteiger partial charge in [0.05, 0.1) is 28.7 Å². The Morgan fingerprint density at radius 3 is 2.57 bits per heavy atom. The fourth-order valence-corrected chi connectivity index (χ4v) is 2.29. The Kier molecular flexibility index (Phi) is 6.02. The van der Waals surface area contributed by atoms with E-state index in [0.29, 0.717) is 11.2 Å². The minimum atomic E-state index is -0.899. The van der Waals surface area contributed by atoms with E-state index in [2.05, 4.69) is 5.32 Å². The molecule has 2 aromatic rings. The molecule has 28 heavy (non-hydrogen) atoms. The second-order valence-corrected chi connectivity index (χ2v) is 5.33. The number of hydrogen-bond acceptors (Lipinski definition) is 8. The number of rotatable bonds is 7. The molecule has 1 aromatic carbocycles. The summed E-state index contributed by atoms with van der Waals surface area (Å²) in [7, 11) is 0. The van der Waals surface area contributed by atoms with Crippen molar-refractivity contribution >= 4 is 23.0 Å². The topological polar surface area (TPSA) is 170 Å². The normalized spacial score (nSPS) is 10.0. The van der Waals surface area contributed by atoms with Crippen LogP contribution < -0.4 is 15.6 Å². The van der Waals surface area contributed by atoms with E-state index in [4.69, 9.17) is 10.00 Å². The lowest BCUT2D eigenvalue weighted by Crippen LogP contribution is -2.29. The van der Waals surface area contributed by atoms with Gasteiger partial charge < -0.3 is 10.1 Å². The van der Waals surface area contributed by atoms with Crippen LogP contribution in [0.3, 0.4) is 0 Å². The van der Waals surface area contributed by atoms with Gasteiger partial charge in [0.2, 0.25) is 5.91 Å². The number of carbonyl (C=O) groups is 1. The van der Waals surface area contributed by atoms with Crippen LogP contribution in [0.5, 0.6) is 5.75 Å². The van der Waals surface area contributed by atoms with Crippen molar-refractivity contribution in [1.29, 1.82) is 5.26 Å². The van der Waals surface area contributed by atoms with E-state index < -0.39 is 44.8 Å². The molecule has 0 aliphatic rings. The Balaban J connectivity index is 2.31. The zero-order valence-corrected chi connectivity index (χ0v) is 14.4. The lowest BCUT2D eigenvalue weighted by atomic mass is 10.2. The van der Waals surface area contributed by atoms with Crippen molar-refractivity contribution in [3.8, 4) is 11.8 Å². The number of benzene rings is 1. The summed E-state index contributed by atoms with van der Waals surface area (Å²) in [5.74, 6) is -0.612. The van der Waals surface area contributed by atoms with Crippen LogP contribution in [0.1, 0.15) is 12.5 Å². The number of nitriles is 1. The fourth-order valence-electron chi connectivity index (χ4n) is 2.29. The van der Waals surface area contributed by atoms with E-state index in [-0.39, 0.29) is 11.4 Å². The first-order chi connectivity index (χ1) is 13.3. The van der Waals surface area contributed by atoms with Crippen molar-refractivity contribution < 1.29 is 19.4 Å². The molecule has 0 aliphatic carbocycles. The van der Waals surface area contributed by atoms with Crippen molar-refractivity contribution in [1.82, 2.24) is 4.57 Å². The number of ether oxygens (including phenoxy) is 1. The van der Waals surface area contributed by atoms with Gasteiger partial charge in [0, 0.05) is 6.07 Å². The van der Waals surface area contributed by atoms with Gasteiger partial charge in [-0.3, -0.25) is 34.4 Å². The molecule has 0 saturated heterocycles. The molecule has 12 heteroatoms. The Morgan fingerprint density at radius 2 is 2.00 bits per heavy atom. The predicted octanol–water partition coefficient (Wildman–Crippen LogP) is 1.57. The van der Waals surface area contributed by atoms with Crippen LogP contribution in [0.2, 0.25) is 0 Å². The molecular formula is C16H13N5O7. The third-order valence-electron chi connectivity index (χ3n) is 3.47. The molecule has 1 heterocycles. The molecule has 0 unspecified atom stereocenters. The van der Waals surface area contributed by atoms with Crippen molar-refractivity contribution in [2.24, 2.45) is 0 Å². The lowest BCUT2D eigenvalue weighted by molar-refractivity contribution is -0.385. The van der Waals surface area contributed by atoms with E-state index >= 15 is 0 Å². The van der Waals surface area contributed by atoms with Gasteiger partial charge in [-0.05, 0) is 19.1 Å². The number of pyridine rings is 1. The van der Waals surface area contributed by atoms with Gasteiger partial charge in [0.1, 0.15) is 29.6 Å². The third-order valence-corrected chi connectivity index (χ3v) is 3.47. The van der Waals surface area contributed by atoms with Crippen LogP contribution in [-0.4, -0.2) is 26.9 Å². The van der Waals surface area contributed by atoms with Crippen LogP contribution in [0, 0.1) is 31.6 Å². The number of nitro benzene ring substituents is 1. The van der Waals surface area contributed by atoms with E-state index in [9.17, 15) is 29.8 Å². The molecule has 0 saturated carbocycles. The van der Waals surface area contributed by atoms with Crippen LogP contribution in [0.15, 0.2) is 35.3 Å². The Morgan fingerprint density at radius 1 is 1.29 bits per heavy atom. The molecule has 0 radical (unpaired) electrons. The highest BCUT2D eigenvalue weighted by Gasteiger charge is 2.19. The molecule has 1 N–H and O–H groups in total. The van der Waals surface area contributed by atoms with Crippen LogP contribution >= 0.6 is 0 Å². The summed E-state index contributed by atoms with van der Waals surface area (Å²) in [6.45, 7) is 1.31. The number of nitrogens with one attached hydrogen (secondary N) is 1. The second kappa shape index (κ2) is 8.41. The van der Waals surface area contributed by atoms with Gasteiger partial charge in [0.15, 0.2) is 0 Å². The molecule has 0 spiro atoms. The summed E-state index contributed by atoms with van der Waals surface area (Å²) in [6.07, 6.45) is 0.815. The maximum Gasteiger partial charge on any atom is 0.296 e. The summed E-state index contributed by atoms with van der Waals surface area (Å²) in [6, 6.07) is 6.13. The predicted molar refractivity (Wildman–Crippen MR) is 95.0 cm³/mol. The fraction of sp³-hybridized carbons (Fsp3) is 0.188. The summed E-state index contributed by atoms with van der Waals surface area (Å²) in [4.78, 5) is 44.9. The average Bonchev–Trinajstić information content (AvgIpc) is 2.64. The quantitative estimate of drug-likeness (QED) is 0.551. The number of aromatic nitrogens is 1. The summed E-state index contributed by atoms with van der Waals surface area (Å²) in [5, 5.41) is 33.3. The van der Waals surface area contributed by atoms with Crippen LogP contribution in [0.25, 0.3) is 0 Å². The van der Waals surface area contributed by atoms with Gasteiger partial charge in [-0.25, -0.2) is 0 Å². The molecule has 1 amide bonds. The molecule has 0 atom stereocenters. The standard InChI is InChI=1S/C16H13N5O7/c1-2-28-12-3-4-13(14(6-12)21(26)27)18-15(22)9-19-8-11(20(24)25)5-10(7-17)16(19)23/h3-6,8H,2,9H2,1H3,(H,18,22). The van der Waals surface area contributed by atoms with Gasteiger partial charge in [0.25, 0.3) is 16.9 Å². The molecule has 0 bridgehead atoms. The minimum absolute atomic E-state index is 0.141. The van der Waals surface area contributed by atoms with Gasteiger partial charge in [-0.15, -0.1) is 0 Å². The largest absolute Gasteiger partial charge is 0.494 e. The molecule has 144 valence electrons. The summed E-state index contributed by atoms with van der Waals surface area (Å²) >= 11 is 0. The second-order valence-electron chi connectivity index (χ2n) is 5.33. The number of nitrogens with zero attached hydrogens (tertiary/aromatic N) is 4. The van der Waals surface area contributed by atoms with E-state index in [1.165, 1.54) is 18.2 Å². The van der Waals surface area contributed by atoms with Crippen molar-refractivity contribution in [3.05, 3.63) is 66.6 Å². The SMILES string of the molecule is CCOc1ccc(NC(=O)Cn2cc([N+](=O)[O-])cc(C#N)c2=O)c([N+](=O)[O-])c1. The number of carbonyl (C=O) groups excluding carboxylic acids is 1. The van der Waals surface area contributed by atoms with E-state index in [0.717, 1.165) is 18.3 Å². The lowest BCUT2D eigenvalue weighted by Gasteiger charge is -2.09. The Labute approximate surface area is 156 Å². The minimum Gasteiger partial charge on any atom is -0.494 e. The zero-order chi connectivity index (χ0) is 20.8. The monoisotopic (exact) mass is 387 g/mol. The first-order valence-electron chi connectivity index (χ1n) is 7.76. The van der Waals surface area contributed by atoms with Crippen molar-refractivity contribution in [2.75, 3.05) is 11.9 Å². The molecule has 2 rings (SSSR count). The van der Waals surface area contributed by atoms with Crippen molar-refractivity contribution in [3.63, 3.8) is 0 Å². The molecule has 12 nitrogen and oxygen atoms in total. The summed E-state index contributed by atoms with van der Waals surface area (Å²) < 4.78 is 5.86. The van der Waals surface area contributed by atoms with Gasteiger partial charge >= 0.3 is 0 Å². The molecular weight excluding hydrogens is 374 g/mol. The Bertz CT molecular complexity index is 1050. The van der Waals surface area contributed by atoms with E-state index in [1.807, 2.05) is 0 Å². The number of anilines is 1. The maximum atomic E-state index is 12.2. The molecule has 1 aromatic heterocycles. The first kappa shape index (κ1) is 20.0. The number of nitro groups is 2.